The van der Waals surface area contributed by atoms with Gasteiger partial charge in [0, 0.05) is 6.92 Å². The fourth-order valence-corrected chi connectivity index (χ4v) is 2.00. The van der Waals surface area contributed by atoms with E-state index in [1.54, 1.807) is 4.68 Å². The van der Waals surface area contributed by atoms with E-state index in [9.17, 15) is 4.79 Å². The van der Waals surface area contributed by atoms with Crippen LogP contribution in [-0.4, -0.2) is 20.8 Å². The molecule has 1 aromatic carbocycles. The summed E-state index contributed by atoms with van der Waals surface area (Å²) in [4.78, 5) is 11.4. The number of Topliss-reactive ketones (excluding diaryl/α,β-unsaturated/α-hetero) is 1. The van der Waals surface area contributed by atoms with Gasteiger partial charge in [-0.15, -0.1) is 5.10 Å². The summed E-state index contributed by atoms with van der Waals surface area (Å²) >= 11 is 0. The zero-order chi connectivity index (χ0) is 14.2. The Morgan fingerprint density at radius 1 is 1.16 bits per heavy atom. The molecule has 2 aromatic rings. The van der Waals surface area contributed by atoms with E-state index in [1.165, 1.54) is 12.5 Å². The third-order valence-electron chi connectivity index (χ3n) is 3.21. The third-order valence-corrected chi connectivity index (χ3v) is 3.21. The molecule has 0 aliphatic carbocycles. The molecule has 0 bridgehead atoms. The van der Waals surface area contributed by atoms with E-state index >= 15 is 0 Å². The molecule has 1 aromatic heterocycles. The van der Waals surface area contributed by atoms with Gasteiger partial charge in [-0.1, -0.05) is 38.1 Å². The Morgan fingerprint density at radius 3 is 2.16 bits per heavy atom. The number of carbonyl (C=O) groups excluding carboxylic acids is 1. The molecule has 0 saturated carbocycles. The van der Waals surface area contributed by atoms with Crippen LogP contribution in [0.4, 0.5) is 0 Å². The van der Waals surface area contributed by atoms with Crippen molar-refractivity contribution in [1.29, 1.82) is 0 Å². The van der Waals surface area contributed by atoms with Gasteiger partial charge < -0.3 is 0 Å². The van der Waals surface area contributed by atoms with E-state index in [4.69, 9.17) is 0 Å². The lowest BCUT2D eigenvalue weighted by molar-refractivity contribution is 0.101. The molecule has 4 nitrogen and oxygen atoms in total. The van der Waals surface area contributed by atoms with Crippen molar-refractivity contribution < 1.29 is 4.79 Å². The SMILES string of the molecule is CC(=O)c1nnn(-c2ccc(C(C)(C)C)cc2)c1C. The summed E-state index contributed by atoms with van der Waals surface area (Å²) in [5.41, 5.74) is 3.52. The predicted octanol–water partition coefficient (Wildman–Crippen LogP) is 3.08. The molecule has 0 aliphatic heterocycles. The first kappa shape index (κ1) is 13.5. The molecule has 0 atom stereocenters. The van der Waals surface area contributed by atoms with Crippen molar-refractivity contribution in [3.8, 4) is 5.69 Å². The van der Waals surface area contributed by atoms with Gasteiger partial charge in [0.1, 0.15) is 0 Å². The molecule has 0 radical (unpaired) electrons. The standard InChI is InChI=1S/C15H19N3O/c1-10-14(11(2)19)16-17-18(10)13-8-6-12(7-9-13)15(3,4)5/h6-9H,1-5H3. The highest BCUT2D eigenvalue weighted by molar-refractivity contribution is 5.93. The summed E-state index contributed by atoms with van der Waals surface area (Å²) < 4.78 is 1.70. The molecular weight excluding hydrogens is 238 g/mol. The van der Waals surface area contributed by atoms with Gasteiger partial charge >= 0.3 is 0 Å². The second-order valence-electron chi connectivity index (χ2n) is 5.79. The summed E-state index contributed by atoms with van der Waals surface area (Å²) in [6.07, 6.45) is 0. The van der Waals surface area contributed by atoms with Crippen LogP contribution in [0.2, 0.25) is 0 Å². The van der Waals surface area contributed by atoms with Crippen molar-refractivity contribution in [1.82, 2.24) is 15.0 Å². The highest BCUT2D eigenvalue weighted by Gasteiger charge is 2.16. The molecule has 100 valence electrons. The van der Waals surface area contributed by atoms with Gasteiger partial charge in [0.05, 0.1) is 11.4 Å². The Balaban J connectivity index is 2.41. The summed E-state index contributed by atoms with van der Waals surface area (Å²) in [5.74, 6) is -0.0601. The van der Waals surface area contributed by atoms with Crippen LogP contribution in [0.1, 0.15) is 49.4 Å². The van der Waals surface area contributed by atoms with Crippen molar-refractivity contribution in [3.63, 3.8) is 0 Å². The molecule has 0 amide bonds. The highest BCUT2D eigenvalue weighted by Crippen LogP contribution is 2.23. The molecule has 0 saturated heterocycles. The van der Waals surface area contributed by atoms with Crippen LogP contribution in [0.5, 0.6) is 0 Å². The van der Waals surface area contributed by atoms with E-state index in [0.717, 1.165) is 11.4 Å². The van der Waals surface area contributed by atoms with Crippen LogP contribution in [0.15, 0.2) is 24.3 Å². The molecule has 0 aliphatic rings. The molecule has 0 spiro atoms. The highest BCUT2D eigenvalue weighted by atomic mass is 16.1. The maximum absolute atomic E-state index is 11.4. The van der Waals surface area contributed by atoms with Crippen molar-refractivity contribution in [2.24, 2.45) is 0 Å². The number of carbonyl (C=O) groups is 1. The van der Waals surface area contributed by atoms with Crippen LogP contribution in [0.25, 0.3) is 5.69 Å². The van der Waals surface area contributed by atoms with Gasteiger partial charge in [-0.3, -0.25) is 4.79 Å². The zero-order valence-corrected chi connectivity index (χ0v) is 12.1. The molecule has 0 N–H and O–H groups in total. The first-order chi connectivity index (χ1) is 8.80. The molecule has 4 heteroatoms. The van der Waals surface area contributed by atoms with Gasteiger partial charge in [0.15, 0.2) is 11.5 Å². The number of hydrogen-bond donors (Lipinski definition) is 0. The van der Waals surface area contributed by atoms with Gasteiger partial charge in [-0.05, 0) is 30.0 Å². The molecule has 0 fully saturated rings. The van der Waals surface area contributed by atoms with Gasteiger partial charge in [-0.25, -0.2) is 4.68 Å². The summed E-state index contributed by atoms with van der Waals surface area (Å²) in [6, 6.07) is 8.19. The normalized spacial score (nSPS) is 11.6. The average Bonchev–Trinajstić information content (AvgIpc) is 2.70. The summed E-state index contributed by atoms with van der Waals surface area (Å²) in [7, 11) is 0. The zero-order valence-electron chi connectivity index (χ0n) is 12.1. The Morgan fingerprint density at radius 2 is 1.74 bits per heavy atom. The number of rotatable bonds is 2. The van der Waals surface area contributed by atoms with Crippen molar-refractivity contribution >= 4 is 5.78 Å². The van der Waals surface area contributed by atoms with E-state index in [-0.39, 0.29) is 11.2 Å². The maximum atomic E-state index is 11.4. The molecule has 2 rings (SSSR count). The molecular formula is C15H19N3O. The predicted molar refractivity (Wildman–Crippen MR) is 74.8 cm³/mol. The number of aromatic nitrogens is 3. The Bertz CT molecular complexity index is 603. The maximum Gasteiger partial charge on any atom is 0.181 e. The van der Waals surface area contributed by atoms with Gasteiger partial charge in [-0.2, -0.15) is 0 Å². The lowest BCUT2D eigenvalue weighted by atomic mass is 9.87. The minimum absolute atomic E-state index is 0.0601. The number of ketones is 1. The Labute approximate surface area is 113 Å². The van der Waals surface area contributed by atoms with Crippen LogP contribution < -0.4 is 0 Å². The summed E-state index contributed by atoms with van der Waals surface area (Å²) in [5, 5.41) is 7.97. The quantitative estimate of drug-likeness (QED) is 0.777. The first-order valence-corrected chi connectivity index (χ1v) is 6.35. The third kappa shape index (κ3) is 2.57. The van der Waals surface area contributed by atoms with Crippen LogP contribution in [0, 0.1) is 6.92 Å². The fourth-order valence-electron chi connectivity index (χ4n) is 2.00. The largest absolute Gasteiger partial charge is 0.293 e. The van der Waals surface area contributed by atoms with E-state index in [2.05, 4.69) is 43.2 Å². The summed E-state index contributed by atoms with van der Waals surface area (Å²) in [6.45, 7) is 9.89. The second kappa shape index (κ2) is 4.61. The van der Waals surface area contributed by atoms with E-state index in [0.29, 0.717) is 5.69 Å². The Kier molecular flexibility index (Phi) is 3.27. The van der Waals surface area contributed by atoms with Crippen LogP contribution in [-0.2, 0) is 5.41 Å². The average molecular weight is 257 g/mol. The van der Waals surface area contributed by atoms with Gasteiger partial charge in [0.2, 0.25) is 0 Å². The first-order valence-electron chi connectivity index (χ1n) is 6.35. The minimum atomic E-state index is -0.0601. The Hall–Kier alpha value is -1.97. The monoisotopic (exact) mass is 257 g/mol. The number of nitrogens with zero attached hydrogens (tertiary/aromatic N) is 3. The lowest BCUT2D eigenvalue weighted by Crippen LogP contribution is -2.11. The lowest BCUT2D eigenvalue weighted by Gasteiger charge is -2.19. The topological polar surface area (TPSA) is 47.8 Å². The number of hydrogen-bond acceptors (Lipinski definition) is 3. The fraction of sp³-hybridized carbons (Fsp3) is 0.400. The van der Waals surface area contributed by atoms with Crippen molar-refractivity contribution in [2.75, 3.05) is 0 Å². The minimum Gasteiger partial charge on any atom is -0.293 e. The van der Waals surface area contributed by atoms with Crippen molar-refractivity contribution in [3.05, 3.63) is 41.2 Å². The second-order valence-corrected chi connectivity index (χ2v) is 5.79. The van der Waals surface area contributed by atoms with Gasteiger partial charge in [0.25, 0.3) is 0 Å². The number of benzene rings is 1. The molecule has 0 unspecified atom stereocenters. The van der Waals surface area contributed by atoms with Crippen molar-refractivity contribution in [2.45, 2.75) is 40.0 Å². The molecule has 19 heavy (non-hydrogen) atoms. The van der Waals surface area contributed by atoms with E-state index < -0.39 is 0 Å². The smallest absolute Gasteiger partial charge is 0.181 e. The molecule has 1 heterocycles. The van der Waals surface area contributed by atoms with Crippen LogP contribution >= 0.6 is 0 Å². The van der Waals surface area contributed by atoms with E-state index in [1.807, 2.05) is 19.1 Å². The van der Waals surface area contributed by atoms with Crippen LogP contribution in [0.3, 0.4) is 0 Å².